The minimum atomic E-state index is -1.13. The lowest BCUT2D eigenvalue weighted by molar-refractivity contribution is -0.113. The number of hydrogen-bond donors (Lipinski definition) is 3. The first kappa shape index (κ1) is 23.7. The van der Waals surface area contributed by atoms with Crippen LogP contribution in [0.25, 0.3) is 0 Å². The van der Waals surface area contributed by atoms with Gasteiger partial charge in [-0.3, -0.25) is 4.79 Å². The van der Waals surface area contributed by atoms with Crippen LogP contribution in [-0.4, -0.2) is 48.2 Å². The fourth-order valence-corrected chi connectivity index (χ4v) is 2.41. The number of nitrogens with zero attached hydrogens (tertiary/aromatic N) is 2. The van der Waals surface area contributed by atoms with Gasteiger partial charge in [-0.2, -0.15) is 0 Å². The van der Waals surface area contributed by atoms with E-state index in [4.69, 9.17) is 5.11 Å². The maximum Gasteiger partial charge on any atom is 0.340 e. The summed E-state index contributed by atoms with van der Waals surface area (Å²) in [5.41, 5.74) is -0.273. The number of carbonyl (C=O) groups excluding carboxylic acids is 3. The molecule has 2 aromatic rings. The van der Waals surface area contributed by atoms with Gasteiger partial charge in [-0.25, -0.2) is 14.4 Å². The number of methoxy groups -OCH3 is 2. The number of amides is 1. The summed E-state index contributed by atoms with van der Waals surface area (Å²) in [7, 11) is 2.34. The highest BCUT2D eigenvalue weighted by molar-refractivity contribution is 6.04. The molecule has 0 fully saturated rings. The summed E-state index contributed by atoms with van der Waals surface area (Å²) in [6.07, 6.45) is 0. The van der Waals surface area contributed by atoms with Crippen molar-refractivity contribution in [3.8, 4) is 0 Å². The first-order valence-electron chi connectivity index (χ1n) is 8.95. The Hall–Kier alpha value is -4.54. The molecule has 0 saturated carbocycles. The molecule has 0 unspecified atom stereocenters. The number of carboxylic acids is 1. The van der Waals surface area contributed by atoms with Gasteiger partial charge in [-0.1, -0.05) is 0 Å². The fourth-order valence-electron chi connectivity index (χ4n) is 2.41. The fraction of sp³-hybridized carbons (Fsp3) is 0.143. The van der Waals surface area contributed by atoms with E-state index >= 15 is 0 Å². The van der Waals surface area contributed by atoms with Gasteiger partial charge in [0, 0.05) is 5.69 Å². The van der Waals surface area contributed by atoms with E-state index in [1.165, 1.54) is 56.5 Å². The number of hydrogen-bond acceptors (Lipinski definition) is 9. The highest BCUT2D eigenvalue weighted by atomic mass is 16.5. The van der Waals surface area contributed by atoms with E-state index < -0.39 is 35.3 Å². The van der Waals surface area contributed by atoms with Crippen LogP contribution in [0.2, 0.25) is 0 Å². The Labute approximate surface area is 182 Å². The van der Waals surface area contributed by atoms with Gasteiger partial charge >= 0.3 is 17.9 Å². The predicted octanol–water partition coefficient (Wildman–Crippen LogP) is 3.47. The van der Waals surface area contributed by atoms with Gasteiger partial charge in [0.15, 0.2) is 5.70 Å². The third kappa shape index (κ3) is 5.75. The van der Waals surface area contributed by atoms with E-state index in [0.29, 0.717) is 0 Å². The average molecular weight is 441 g/mol. The van der Waals surface area contributed by atoms with E-state index in [2.05, 4.69) is 25.0 Å². The van der Waals surface area contributed by atoms with Crippen LogP contribution in [0, 0.1) is 0 Å². The molecular weight excluding hydrogens is 422 g/mol. The van der Waals surface area contributed by atoms with Crippen LogP contribution in [0.5, 0.6) is 0 Å². The van der Waals surface area contributed by atoms with Gasteiger partial charge in [0.1, 0.15) is 11.4 Å². The van der Waals surface area contributed by atoms with Gasteiger partial charge in [-0.15, -0.1) is 10.2 Å². The van der Waals surface area contributed by atoms with Crippen molar-refractivity contribution in [3.63, 3.8) is 0 Å². The van der Waals surface area contributed by atoms with E-state index in [0.717, 1.165) is 7.11 Å². The summed E-state index contributed by atoms with van der Waals surface area (Å²) in [6, 6.07) is 9.13. The molecule has 2 aromatic carbocycles. The number of nitrogens with one attached hydrogen (secondary N) is 1. The van der Waals surface area contributed by atoms with Crippen LogP contribution in [0.3, 0.4) is 0 Å². The van der Waals surface area contributed by atoms with Crippen LogP contribution in [0.4, 0.5) is 11.4 Å². The number of azo groups is 1. The molecule has 32 heavy (non-hydrogen) atoms. The van der Waals surface area contributed by atoms with Gasteiger partial charge in [0.25, 0.3) is 5.91 Å². The Morgan fingerprint density at radius 1 is 0.875 bits per heavy atom. The molecule has 11 nitrogen and oxygen atoms in total. The number of allylic oxidation sites excluding steroid dienone is 1. The molecule has 1 amide bonds. The molecule has 0 aliphatic rings. The summed E-state index contributed by atoms with van der Waals surface area (Å²) in [6.45, 7) is 1.20. The van der Waals surface area contributed by atoms with Crippen LogP contribution in [0.1, 0.15) is 38.0 Å². The Kier molecular flexibility index (Phi) is 7.77. The minimum Gasteiger partial charge on any atom is -0.510 e. The third-order valence-corrected chi connectivity index (χ3v) is 4.03. The monoisotopic (exact) mass is 441 g/mol. The van der Waals surface area contributed by atoms with Crippen molar-refractivity contribution in [2.75, 3.05) is 19.5 Å². The maximum atomic E-state index is 12.5. The minimum absolute atomic E-state index is 0.0256. The second-order valence-corrected chi connectivity index (χ2v) is 6.19. The molecular formula is C21H19N3O8. The summed E-state index contributed by atoms with van der Waals surface area (Å²) in [5.74, 6) is -3.89. The van der Waals surface area contributed by atoms with Crippen LogP contribution in [0.15, 0.2) is 64.1 Å². The van der Waals surface area contributed by atoms with Gasteiger partial charge < -0.3 is 25.0 Å². The molecule has 0 atom stereocenters. The smallest absolute Gasteiger partial charge is 0.340 e. The molecule has 0 aliphatic heterocycles. The molecule has 0 aromatic heterocycles. The lowest BCUT2D eigenvalue weighted by Crippen LogP contribution is -2.14. The number of benzene rings is 2. The molecule has 3 N–H and O–H groups in total. The molecule has 0 bridgehead atoms. The zero-order valence-corrected chi connectivity index (χ0v) is 17.3. The van der Waals surface area contributed by atoms with Gasteiger partial charge in [0.05, 0.1) is 30.9 Å². The topological polar surface area (TPSA) is 164 Å². The average Bonchev–Trinajstić information content (AvgIpc) is 2.78. The number of aliphatic hydroxyl groups is 1. The molecule has 0 saturated heterocycles. The lowest BCUT2D eigenvalue weighted by atomic mass is 10.1. The van der Waals surface area contributed by atoms with E-state index in [9.17, 15) is 24.3 Å². The normalized spacial score (nSPS) is 11.5. The highest BCUT2D eigenvalue weighted by Gasteiger charge is 2.18. The largest absolute Gasteiger partial charge is 0.510 e. The van der Waals surface area contributed by atoms with Gasteiger partial charge in [-0.05, 0) is 49.4 Å². The van der Waals surface area contributed by atoms with Crippen molar-refractivity contribution in [2.45, 2.75) is 6.92 Å². The maximum absolute atomic E-state index is 12.5. The molecule has 0 heterocycles. The first-order valence-corrected chi connectivity index (χ1v) is 8.95. The zero-order chi connectivity index (χ0) is 23.8. The second-order valence-electron chi connectivity index (χ2n) is 6.19. The Balaban J connectivity index is 2.36. The van der Waals surface area contributed by atoms with Crippen molar-refractivity contribution < 1.29 is 38.9 Å². The quantitative estimate of drug-likeness (QED) is 0.254. The predicted molar refractivity (Wildman–Crippen MR) is 111 cm³/mol. The zero-order valence-electron chi connectivity index (χ0n) is 17.3. The van der Waals surface area contributed by atoms with E-state index in [1.54, 1.807) is 0 Å². The number of anilines is 1. The van der Waals surface area contributed by atoms with Crippen LogP contribution < -0.4 is 5.32 Å². The van der Waals surface area contributed by atoms with E-state index in [-0.39, 0.29) is 28.1 Å². The molecule has 11 heteroatoms. The number of esters is 2. The third-order valence-electron chi connectivity index (χ3n) is 4.03. The van der Waals surface area contributed by atoms with E-state index in [1.807, 2.05) is 0 Å². The number of ether oxygens (including phenoxy) is 2. The van der Waals surface area contributed by atoms with Crippen LogP contribution in [-0.2, 0) is 14.3 Å². The number of rotatable bonds is 7. The summed E-state index contributed by atoms with van der Waals surface area (Å²) < 4.78 is 9.30. The SMILES string of the molecule is COC(=O)c1ccc(C(=O)OC)c(N=N/C(C(=O)Nc2ccc(C(=O)O)cc2)=C(\C)O)c1. The standard InChI is InChI=1S/C21H19N3O8/c1-11(25)17(18(26)22-14-7-4-12(5-8-14)19(27)28)24-23-16-10-13(20(29)31-2)6-9-15(16)21(30)32-3/h4-10,25H,1-3H3,(H,22,26)(H,27,28)/b17-11+,24-23?. The molecule has 0 spiro atoms. The molecule has 2 rings (SSSR count). The highest BCUT2D eigenvalue weighted by Crippen LogP contribution is 2.24. The van der Waals surface area contributed by atoms with Crippen molar-refractivity contribution in [2.24, 2.45) is 10.2 Å². The summed E-state index contributed by atoms with van der Waals surface area (Å²) >= 11 is 0. The van der Waals surface area contributed by atoms with Crippen molar-refractivity contribution in [3.05, 3.63) is 70.6 Å². The lowest BCUT2D eigenvalue weighted by Gasteiger charge is -2.08. The number of carboxylic acid groups (broad SMARTS) is 1. The Morgan fingerprint density at radius 3 is 2.00 bits per heavy atom. The van der Waals surface area contributed by atoms with Crippen LogP contribution >= 0.6 is 0 Å². The number of aromatic carboxylic acids is 1. The second kappa shape index (κ2) is 10.5. The summed E-state index contributed by atoms with van der Waals surface area (Å²) in [5, 5.41) is 28.8. The van der Waals surface area contributed by atoms with Crippen molar-refractivity contribution in [1.82, 2.24) is 0 Å². The number of aliphatic hydroxyl groups excluding tert-OH is 1. The molecule has 166 valence electrons. The van der Waals surface area contributed by atoms with Crippen molar-refractivity contribution >= 4 is 35.2 Å². The number of carbonyl (C=O) groups is 4. The molecule has 0 aliphatic carbocycles. The Morgan fingerprint density at radius 2 is 1.47 bits per heavy atom. The first-order chi connectivity index (χ1) is 15.2. The van der Waals surface area contributed by atoms with Gasteiger partial charge in [0.2, 0.25) is 0 Å². The van der Waals surface area contributed by atoms with Crippen molar-refractivity contribution in [1.29, 1.82) is 0 Å². The Bertz CT molecular complexity index is 1120. The molecule has 0 radical (unpaired) electrons. The summed E-state index contributed by atoms with van der Waals surface area (Å²) in [4.78, 5) is 47.2.